The molecule has 0 amide bonds. The SMILES string of the molecule is CN(c1ccc2c(c1)OCO2)c1ncnc2cc(-c3cccc(OCC4CC4)c3)sc12. The second-order valence-electron chi connectivity index (χ2n) is 7.90. The zero-order valence-electron chi connectivity index (χ0n) is 17.1. The van der Waals surface area contributed by atoms with Crippen LogP contribution in [0.5, 0.6) is 17.2 Å². The highest BCUT2D eigenvalue weighted by atomic mass is 32.1. The Kier molecular flexibility index (Phi) is 4.42. The molecule has 1 aliphatic carbocycles. The van der Waals surface area contributed by atoms with Gasteiger partial charge in [0.05, 0.1) is 16.8 Å². The molecule has 0 saturated heterocycles. The van der Waals surface area contributed by atoms with Crippen LogP contribution in [0.2, 0.25) is 0 Å². The maximum absolute atomic E-state index is 5.97. The number of ether oxygens (including phenoxy) is 3. The Morgan fingerprint density at radius 1 is 1.06 bits per heavy atom. The van der Waals surface area contributed by atoms with E-state index in [9.17, 15) is 0 Å². The van der Waals surface area contributed by atoms with Crippen molar-refractivity contribution in [1.82, 2.24) is 9.97 Å². The Morgan fingerprint density at radius 3 is 2.87 bits per heavy atom. The zero-order valence-corrected chi connectivity index (χ0v) is 17.9. The number of hydrogen-bond acceptors (Lipinski definition) is 7. The van der Waals surface area contributed by atoms with Crippen molar-refractivity contribution in [1.29, 1.82) is 0 Å². The topological polar surface area (TPSA) is 56.7 Å². The molecule has 156 valence electrons. The first-order valence-electron chi connectivity index (χ1n) is 10.4. The van der Waals surface area contributed by atoms with Crippen molar-refractivity contribution >= 4 is 33.1 Å². The third-order valence-electron chi connectivity index (χ3n) is 5.65. The summed E-state index contributed by atoms with van der Waals surface area (Å²) in [6, 6.07) is 16.3. The second-order valence-corrected chi connectivity index (χ2v) is 8.95. The average molecular weight is 432 g/mol. The molecule has 2 aromatic carbocycles. The first kappa shape index (κ1) is 18.4. The van der Waals surface area contributed by atoms with E-state index in [-0.39, 0.29) is 6.79 Å². The van der Waals surface area contributed by atoms with Crippen molar-refractivity contribution in [3.05, 3.63) is 54.9 Å². The number of rotatable bonds is 6. The van der Waals surface area contributed by atoms with E-state index in [1.165, 1.54) is 12.8 Å². The Morgan fingerprint density at radius 2 is 1.97 bits per heavy atom. The van der Waals surface area contributed by atoms with Crippen molar-refractivity contribution in [2.24, 2.45) is 5.92 Å². The van der Waals surface area contributed by atoms with E-state index in [0.29, 0.717) is 0 Å². The Hall–Kier alpha value is -3.32. The predicted molar refractivity (Wildman–Crippen MR) is 122 cm³/mol. The molecular formula is C24H21N3O3S. The highest BCUT2D eigenvalue weighted by Crippen LogP contribution is 2.41. The minimum absolute atomic E-state index is 0.262. The highest BCUT2D eigenvalue weighted by molar-refractivity contribution is 7.22. The molecule has 2 aromatic heterocycles. The normalized spacial score (nSPS) is 14.7. The summed E-state index contributed by atoms with van der Waals surface area (Å²) in [5.74, 6) is 4.04. The number of anilines is 2. The van der Waals surface area contributed by atoms with Gasteiger partial charge in [0.25, 0.3) is 0 Å². The van der Waals surface area contributed by atoms with Crippen LogP contribution in [0.3, 0.4) is 0 Å². The van der Waals surface area contributed by atoms with Crippen LogP contribution in [0.1, 0.15) is 12.8 Å². The van der Waals surface area contributed by atoms with Gasteiger partial charge in [0, 0.05) is 23.7 Å². The number of hydrogen-bond donors (Lipinski definition) is 0. The number of thiophene rings is 1. The lowest BCUT2D eigenvalue weighted by Gasteiger charge is -2.19. The minimum atomic E-state index is 0.262. The summed E-state index contributed by atoms with van der Waals surface area (Å²) >= 11 is 1.69. The van der Waals surface area contributed by atoms with Crippen LogP contribution in [0.15, 0.2) is 54.9 Å². The lowest BCUT2D eigenvalue weighted by molar-refractivity contribution is 0.174. The predicted octanol–water partition coefficient (Wildman–Crippen LogP) is 5.64. The van der Waals surface area contributed by atoms with Gasteiger partial charge in [0.1, 0.15) is 12.1 Å². The van der Waals surface area contributed by atoms with E-state index in [1.54, 1.807) is 17.7 Å². The van der Waals surface area contributed by atoms with Gasteiger partial charge >= 0.3 is 0 Å². The van der Waals surface area contributed by atoms with Crippen molar-refractivity contribution in [2.45, 2.75) is 12.8 Å². The molecular weight excluding hydrogens is 410 g/mol. The van der Waals surface area contributed by atoms with Crippen LogP contribution < -0.4 is 19.1 Å². The van der Waals surface area contributed by atoms with Crippen LogP contribution in [0, 0.1) is 5.92 Å². The van der Waals surface area contributed by atoms with Gasteiger partial charge in [-0.2, -0.15) is 0 Å². The summed E-state index contributed by atoms with van der Waals surface area (Å²) in [5, 5.41) is 0. The Balaban J connectivity index is 1.33. The van der Waals surface area contributed by atoms with E-state index in [2.05, 4.69) is 33.1 Å². The van der Waals surface area contributed by atoms with Crippen molar-refractivity contribution < 1.29 is 14.2 Å². The van der Waals surface area contributed by atoms with Crippen LogP contribution in [-0.2, 0) is 0 Å². The van der Waals surface area contributed by atoms with Crippen LogP contribution >= 0.6 is 11.3 Å². The van der Waals surface area contributed by atoms with Gasteiger partial charge in [0.15, 0.2) is 17.3 Å². The van der Waals surface area contributed by atoms with Crippen molar-refractivity contribution in [3.8, 4) is 27.7 Å². The molecule has 0 N–H and O–H groups in total. The highest BCUT2D eigenvalue weighted by Gasteiger charge is 2.22. The van der Waals surface area contributed by atoms with E-state index in [1.807, 2.05) is 37.4 Å². The molecule has 6 nitrogen and oxygen atoms in total. The molecule has 1 aliphatic heterocycles. The van der Waals surface area contributed by atoms with Gasteiger partial charge in [-0.15, -0.1) is 11.3 Å². The molecule has 3 heterocycles. The largest absolute Gasteiger partial charge is 0.493 e. The molecule has 0 bridgehead atoms. The van der Waals surface area contributed by atoms with E-state index in [0.717, 1.165) is 61.9 Å². The fraction of sp³-hybridized carbons (Fsp3) is 0.250. The summed E-state index contributed by atoms with van der Waals surface area (Å²) < 4.78 is 18.0. The molecule has 31 heavy (non-hydrogen) atoms. The number of aromatic nitrogens is 2. The number of fused-ring (bicyclic) bond motifs is 2. The van der Waals surface area contributed by atoms with Gasteiger partial charge in [-0.1, -0.05) is 12.1 Å². The fourth-order valence-electron chi connectivity index (χ4n) is 3.68. The summed E-state index contributed by atoms with van der Waals surface area (Å²) in [4.78, 5) is 12.3. The maximum atomic E-state index is 5.97. The number of nitrogens with zero attached hydrogens (tertiary/aromatic N) is 3. The van der Waals surface area contributed by atoms with Gasteiger partial charge in [-0.3, -0.25) is 0 Å². The van der Waals surface area contributed by atoms with Gasteiger partial charge in [-0.05, 0) is 54.7 Å². The van der Waals surface area contributed by atoms with Crippen LogP contribution in [-0.4, -0.2) is 30.4 Å². The zero-order chi connectivity index (χ0) is 20.8. The van der Waals surface area contributed by atoms with Gasteiger partial charge in [-0.25, -0.2) is 9.97 Å². The minimum Gasteiger partial charge on any atom is -0.493 e. The summed E-state index contributed by atoms with van der Waals surface area (Å²) in [6.07, 6.45) is 4.19. The van der Waals surface area contributed by atoms with Crippen molar-refractivity contribution in [3.63, 3.8) is 0 Å². The van der Waals surface area contributed by atoms with Crippen molar-refractivity contribution in [2.75, 3.05) is 25.3 Å². The third kappa shape index (κ3) is 3.55. The maximum Gasteiger partial charge on any atom is 0.231 e. The summed E-state index contributed by atoms with van der Waals surface area (Å²) in [7, 11) is 2.01. The Bertz CT molecular complexity index is 1270. The first-order valence-corrected chi connectivity index (χ1v) is 11.2. The van der Waals surface area contributed by atoms with E-state index in [4.69, 9.17) is 14.2 Å². The second kappa shape index (κ2) is 7.42. The number of benzene rings is 2. The molecule has 7 heteroatoms. The molecule has 2 aliphatic rings. The third-order valence-corrected chi connectivity index (χ3v) is 6.82. The molecule has 0 radical (unpaired) electrons. The first-order chi connectivity index (χ1) is 15.2. The molecule has 0 unspecified atom stereocenters. The Labute approximate surface area is 184 Å². The van der Waals surface area contributed by atoms with E-state index < -0.39 is 0 Å². The molecule has 6 rings (SSSR count). The summed E-state index contributed by atoms with van der Waals surface area (Å²) in [6.45, 7) is 1.07. The average Bonchev–Trinajstić information content (AvgIpc) is 3.33. The van der Waals surface area contributed by atoms with Crippen LogP contribution in [0.4, 0.5) is 11.5 Å². The molecule has 4 aromatic rings. The quantitative estimate of drug-likeness (QED) is 0.394. The summed E-state index contributed by atoms with van der Waals surface area (Å²) in [5.41, 5.74) is 3.05. The molecule has 0 spiro atoms. The molecule has 0 atom stereocenters. The molecule has 1 fully saturated rings. The fourth-order valence-corrected chi connectivity index (χ4v) is 4.81. The lowest BCUT2D eigenvalue weighted by atomic mass is 10.2. The van der Waals surface area contributed by atoms with Gasteiger partial charge in [0.2, 0.25) is 6.79 Å². The van der Waals surface area contributed by atoms with E-state index >= 15 is 0 Å². The smallest absolute Gasteiger partial charge is 0.231 e. The van der Waals surface area contributed by atoms with Gasteiger partial charge < -0.3 is 19.1 Å². The van der Waals surface area contributed by atoms with Crippen LogP contribution in [0.25, 0.3) is 20.7 Å². The lowest BCUT2D eigenvalue weighted by Crippen LogP contribution is -2.11. The monoisotopic (exact) mass is 431 g/mol. The molecule has 1 saturated carbocycles. The standard InChI is InChI=1S/C24H21N3O3S/c1-27(17-7-8-20-21(10-17)30-14-29-20)24-23-19(25-13-26-24)11-22(31-23)16-3-2-4-18(9-16)28-12-15-5-6-15/h2-4,7-11,13,15H,5-6,12,14H2,1H3.